The molecule has 0 aromatic rings. The van der Waals surface area contributed by atoms with Gasteiger partial charge >= 0.3 is 30.2 Å². The molecule has 70 valence electrons. The lowest BCUT2D eigenvalue weighted by molar-refractivity contribution is 0.604. The molecule has 0 radical (unpaired) electrons. The maximum Gasteiger partial charge on any atom is 0.560 e. The van der Waals surface area contributed by atoms with Gasteiger partial charge in [0, 0.05) is 0 Å². The van der Waals surface area contributed by atoms with Crippen LogP contribution in [-0.2, 0) is 2.84 Å². The minimum Gasteiger partial charge on any atom is -0.630 e. The van der Waals surface area contributed by atoms with E-state index < -0.39 is 13.6 Å². The molecule has 0 aliphatic carbocycles. The van der Waals surface area contributed by atoms with E-state index in [4.69, 9.17) is 12.9 Å². The van der Waals surface area contributed by atoms with Gasteiger partial charge in [0.15, 0.2) is 0 Å². The number of rotatable bonds is 8. The quantitative estimate of drug-likeness (QED) is 0.451. The number of halogens is 1. The molecule has 0 aliphatic heterocycles. The van der Waals surface area contributed by atoms with Crippen LogP contribution in [0.25, 0.3) is 0 Å². The van der Waals surface area contributed by atoms with Gasteiger partial charge in [-0.15, -0.1) is 0 Å². The number of hydrogen-bond donors (Lipinski definition) is 0. The van der Waals surface area contributed by atoms with Gasteiger partial charge in [0.25, 0.3) is 0 Å². The highest BCUT2D eigenvalue weighted by molar-refractivity contribution is 7.04. The van der Waals surface area contributed by atoms with E-state index >= 15 is 0 Å². The zero-order valence-corrected chi connectivity index (χ0v) is 12.2. The Labute approximate surface area is 93.5 Å². The van der Waals surface area contributed by atoms with Crippen LogP contribution in [0.4, 0.5) is 0 Å². The topological polar surface area (TPSA) is 9.23 Å². The minimum absolute atomic E-state index is 0.823. The van der Waals surface area contributed by atoms with E-state index in [0.29, 0.717) is 0 Å². The van der Waals surface area contributed by atoms with Crippen molar-refractivity contribution in [1.29, 1.82) is 0 Å². The largest absolute Gasteiger partial charge is 0.630 e. The summed E-state index contributed by atoms with van der Waals surface area (Å²) in [6.07, 6.45) is 8.13. The Balaban J connectivity index is 2.90. The van der Waals surface area contributed by atoms with E-state index in [-0.39, 0.29) is 0 Å². The third kappa shape index (κ3) is 9.40. The molecule has 0 saturated carbocycles. The molecule has 0 heterocycles. The Morgan fingerprint density at radius 1 is 1.17 bits per heavy atom. The summed E-state index contributed by atoms with van der Waals surface area (Å²) < 4.78 is 5.22. The van der Waals surface area contributed by atoms with Gasteiger partial charge < -0.3 is 2.84 Å². The summed E-state index contributed by atoms with van der Waals surface area (Å²) in [6.45, 7) is 2.25. The highest BCUT2D eigenvalue weighted by atomic mass is 35.6. The number of unbranched alkanes of at least 4 members (excludes halogenated alkanes) is 5. The molecule has 0 rings (SSSR count). The van der Waals surface area contributed by atoms with Crippen molar-refractivity contribution >= 4 is 40.2 Å². The van der Waals surface area contributed by atoms with Crippen molar-refractivity contribution in [2.24, 2.45) is 0 Å². The lowest BCUT2D eigenvalue weighted by atomic mass is 10.1. The predicted octanol–water partition coefficient (Wildman–Crippen LogP) is 2.64. The van der Waals surface area contributed by atoms with Crippen LogP contribution in [0.5, 0.6) is 0 Å². The summed E-state index contributed by atoms with van der Waals surface area (Å²) >= 11 is -0.383. The van der Waals surface area contributed by atoms with E-state index in [2.05, 4.69) is 6.92 Å². The SMILES string of the molecule is CCCCCCC[CH2][Al]([Cl])[O][AlH2]. The molecule has 4 heteroatoms. The van der Waals surface area contributed by atoms with Gasteiger partial charge in [-0.1, -0.05) is 50.7 Å². The second-order valence-corrected chi connectivity index (χ2v) is 7.95. The normalized spacial score (nSPS) is 10.2. The molecule has 0 fully saturated rings. The van der Waals surface area contributed by atoms with Gasteiger partial charge in [0.2, 0.25) is 0 Å². The molecule has 0 amide bonds. The molecule has 1 nitrogen and oxygen atoms in total. The fourth-order valence-electron chi connectivity index (χ4n) is 1.20. The van der Waals surface area contributed by atoms with Crippen LogP contribution in [0.15, 0.2) is 0 Å². The molecular formula is C8H19Al2ClO. The second-order valence-electron chi connectivity index (χ2n) is 3.20. The maximum absolute atomic E-state index is 5.96. The van der Waals surface area contributed by atoms with Gasteiger partial charge in [0.05, 0.1) is 0 Å². The lowest BCUT2D eigenvalue weighted by Gasteiger charge is -2.02. The fraction of sp³-hybridized carbons (Fsp3) is 1.00. The first-order chi connectivity index (χ1) is 5.81. The lowest BCUT2D eigenvalue weighted by Crippen LogP contribution is -2.06. The average Bonchev–Trinajstić information content (AvgIpc) is 2.10. The molecular weight excluding hydrogens is 202 g/mol. The Morgan fingerprint density at radius 3 is 2.33 bits per heavy atom. The summed E-state index contributed by atoms with van der Waals surface area (Å²) in [4.78, 5) is 0. The third-order valence-corrected chi connectivity index (χ3v) is 7.21. The van der Waals surface area contributed by atoms with E-state index in [1.165, 1.54) is 38.5 Å². The standard InChI is InChI=1S/C8H17.2Al.ClH.O.2H/c1-3-5-7-8-6-4-2;;;;;;/h1,3-8H2,2H3;;;1H;;;/q;;+1;;;;/p-1. The molecule has 0 saturated heterocycles. The van der Waals surface area contributed by atoms with Crippen molar-refractivity contribution in [2.45, 2.75) is 50.7 Å². The summed E-state index contributed by atoms with van der Waals surface area (Å²) in [5.74, 6) is 0. The van der Waals surface area contributed by atoms with Gasteiger partial charge in [-0.3, -0.25) is 0 Å². The van der Waals surface area contributed by atoms with Gasteiger partial charge in [-0.2, -0.15) is 0 Å². The monoisotopic (exact) mass is 220 g/mol. The van der Waals surface area contributed by atoms with Crippen molar-refractivity contribution < 1.29 is 2.84 Å². The zero-order chi connectivity index (χ0) is 9.23. The van der Waals surface area contributed by atoms with Gasteiger partial charge in [0.1, 0.15) is 0 Å². The van der Waals surface area contributed by atoms with Crippen molar-refractivity contribution in [3.63, 3.8) is 0 Å². The van der Waals surface area contributed by atoms with Crippen molar-refractivity contribution in [1.82, 2.24) is 0 Å². The Hall–Kier alpha value is 1.31. The zero-order valence-electron chi connectivity index (χ0n) is 8.31. The molecule has 0 bridgehead atoms. The highest BCUT2D eigenvalue weighted by Crippen LogP contribution is 2.10. The fourth-order valence-corrected chi connectivity index (χ4v) is 3.22. The van der Waals surface area contributed by atoms with E-state index in [1.807, 2.05) is 0 Å². The van der Waals surface area contributed by atoms with Crippen LogP contribution >= 0.6 is 10.0 Å². The first-order valence-corrected chi connectivity index (χ1v) is 8.83. The summed E-state index contributed by atoms with van der Waals surface area (Å²) in [6, 6.07) is 0. The molecule has 0 unspecified atom stereocenters. The van der Waals surface area contributed by atoms with E-state index in [0.717, 1.165) is 21.9 Å². The first kappa shape index (κ1) is 13.3. The van der Waals surface area contributed by atoms with Crippen molar-refractivity contribution in [2.75, 3.05) is 0 Å². The van der Waals surface area contributed by atoms with Crippen molar-refractivity contribution in [3.05, 3.63) is 0 Å². The van der Waals surface area contributed by atoms with Crippen LogP contribution < -0.4 is 0 Å². The molecule has 0 aromatic heterocycles. The molecule has 0 spiro atoms. The Kier molecular flexibility index (Phi) is 11.5. The number of hydrogen-bond acceptors (Lipinski definition) is 1. The maximum atomic E-state index is 5.96. The van der Waals surface area contributed by atoms with Crippen LogP contribution in [0.3, 0.4) is 0 Å². The van der Waals surface area contributed by atoms with Crippen LogP contribution in [0.1, 0.15) is 45.4 Å². The summed E-state index contributed by atoms with van der Waals surface area (Å²) in [5.41, 5.74) is 0. The average molecular weight is 221 g/mol. The van der Waals surface area contributed by atoms with Crippen LogP contribution in [-0.4, -0.2) is 30.2 Å². The predicted molar refractivity (Wildman–Crippen MR) is 59.4 cm³/mol. The summed E-state index contributed by atoms with van der Waals surface area (Å²) in [5, 5.41) is 1.16. The van der Waals surface area contributed by atoms with Gasteiger partial charge in [-0.25, -0.2) is 10.0 Å². The molecule has 0 aliphatic rings. The third-order valence-electron chi connectivity index (χ3n) is 2.04. The van der Waals surface area contributed by atoms with Gasteiger partial charge in [-0.05, 0) is 0 Å². The molecule has 0 N–H and O–H groups in total. The van der Waals surface area contributed by atoms with E-state index in [9.17, 15) is 0 Å². The molecule has 12 heavy (non-hydrogen) atoms. The second kappa shape index (κ2) is 10.4. The smallest absolute Gasteiger partial charge is 0.560 e. The van der Waals surface area contributed by atoms with E-state index in [1.54, 1.807) is 0 Å². The molecule has 0 atom stereocenters. The highest BCUT2D eigenvalue weighted by Gasteiger charge is 2.12. The molecule has 0 aromatic carbocycles. The Morgan fingerprint density at radius 2 is 1.75 bits per heavy atom. The van der Waals surface area contributed by atoms with Crippen LogP contribution in [0.2, 0.25) is 5.28 Å². The van der Waals surface area contributed by atoms with Crippen molar-refractivity contribution in [3.8, 4) is 0 Å². The van der Waals surface area contributed by atoms with Crippen LogP contribution in [0, 0.1) is 0 Å². The first-order valence-electron chi connectivity index (χ1n) is 4.98. The Bertz CT molecular complexity index is 93.1. The summed E-state index contributed by atoms with van der Waals surface area (Å²) in [7, 11) is 5.96. The minimum atomic E-state index is -1.21.